The molecule has 3 rings (SSSR count). The number of hydrogen-bond acceptors (Lipinski definition) is 5. The van der Waals surface area contributed by atoms with Gasteiger partial charge in [-0.3, -0.25) is 9.59 Å². The molecule has 0 aliphatic carbocycles. The van der Waals surface area contributed by atoms with E-state index in [4.69, 9.17) is 11.6 Å². The van der Waals surface area contributed by atoms with Gasteiger partial charge < -0.3 is 10.2 Å². The number of carbonyl (C=O) groups excluding carboxylic acids is 2. The van der Waals surface area contributed by atoms with Crippen LogP contribution in [-0.4, -0.2) is 47.0 Å². The van der Waals surface area contributed by atoms with E-state index in [9.17, 15) is 22.8 Å². The molecule has 0 saturated carbocycles. The van der Waals surface area contributed by atoms with Gasteiger partial charge in [0.2, 0.25) is 5.91 Å². The van der Waals surface area contributed by atoms with Crippen LogP contribution >= 0.6 is 34.3 Å². The number of hydrogen-bond donors (Lipinski definition) is 1. The summed E-state index contributed by atoms with van der Waals surface area (Å²) in [6.45, 7) is 0.602. The quantitative estimate of drug-likeness (QED) is 0.782. The number of likely N-dealkylation sites (tertiary alicyclic amines) is 1. The van der Waals surface area contributed by atoms with Gasteiger partial charge in [-0.1, -0.05) is 11.6 Å². The molecular formula is C16H15ClF3N3O2S2. The van der Waals surface area contributed by atoms with Crippen LogP contribution in [0.1, 0.15) is 28.2 Å². The highest BCUT2D eigenvalue weighted by atomic mass is 35.5. The number of carbonyl (C=O) groups is 2. The second-order valence-electron chi connectivity index (χ2n) is 6.03. The molecule has 1 N–H and O–H groups in total. The molecule has 11 heteroatoms. The van der Waals surface area contributed by atoms with E-state index in [2.05, 4.69) is 4.98 Å². The maximum Gasteiger partial charge on any atom is 0.405 e. The van der Waals surface area contributed by atoms with Crippen LogP contribution < -0.4 is 5.32 Å². The summed E-state index contributed by atoms with van der Waals surface area (Å²) in [6.07, 6.45) is -3.60. The average Bonchev–Trinajstić information content (AvgIpc) is 3.30. The van der Waals surface area contributed by atoms with E-state index in [1.165, 1.54) is 27.6 Å². The van der Waals surface area contributed by atoms with Crippen molar-refractivity contribution in [2.75, 3.05) is 13.1 Å². The summed E-state index contributed by atoms with van der Waals surface area (Å²) in [5.41, 5.74) is 0.519. The fourth-order valence-corrected chi connectivity index (χ4v) is 4.97. The second-order valence-corrected chi connectivity index (χ2v) is 8.74. The minimum atomic E-state index is -4.49. The highest BCUT2D eigenvalue weighted by Crippen LogP contribution is 2.36. The number of aryl methyl sites for hydroxylation is 1. The van der Waals surface area contributed by atoms with Gasteiger partial charge in [-0.15, -0.1) is 22.7 Å². The van der Waals surface area contributed by atoms with Crippen LogP contribution in [-0.2, 0) is 4.79 Å². The molecule has 0 radical (unpaired) electrons. The number of nitrogens with one attached hydrogen (secondary N) is 1. The summed E-state index contributed by atoms with van der Waals surface area (Å²) < 4.78 is 37.6. The Labute approximate surface area is 166 Å². The van der Waals surface area contributed by atoms with Gasteiger partial charge in [-0.2, -0.15) is 13.2 Å². The summed E-state index contributed by atoms with van der Waals surface area (Å²) in [6, 6.07) is 2.64. The van der Waals surface area contributed by atoms with Gasteiger partial charge in [-0.25, -0.2) is 4.98 Å². The molecule has 0 spiro atoms. The van der Waals surface area contributed by atoms with Crippen molar-refractivity contribution in [3.63, 3.8) is 0 Å². The Morgan fingerprint density at radius 2 is 2.11 bits per heavy atom. The highest BCUT2D eigenvalue weighted by Gasteiger charge is 2.37. The number of nitrogens with zero attached hydrogens (tertiary/aromatic N) is 2. The Balaban J connectivity index is 1.76. The Hall–Kier alpha value is -1.65. The van der Waals surface area contributed by atoms with Gasteiger partial charge >= 0.3 is 6.18 Å². The van der Waals surface area contributed by atoms with Gasteiger partial charge in [0.05, 0.1) is 14.9 Å². The Bertz CT molecular complexity index is 865. The monoisotopic (exact) mass is 437 g/mol. The first-order valence-corrected chi connectivity index (χ1v) is 10.1. The van der Waals surface area contributed by atoms with Crippen molar-refractivity contribution in [1.82, 2.24) is 15.2 Å². The zero-order valence-corrected chi connectivity index (χ0v) is 16.5. The lowest BCUT2D eigenvalue weighted by Gasteiger charge is -2.23. The minimum Gasteiger partial charge on any atom is -0.345 e. The molecule has 2 amide bonds. The van der Waals surface area contributed by atoms with Gasteiger partial charge in [-0.05, 0) is 31.9 Å². The lowest BCUT2D eigenvalue weighted by molar-refractivity contribution is -0.140. The fourth-order valence-electron chi connectivity index (χ4n) is 2.85. The van der Waals surface area contributed by atoms with Gasteiger partial charge in [0.1, 0.15) is 22.5 Å². The fraction of sp³-hybridized carbons (Fsp3) is 0.438. The standard InChI is InChI=1S/C16H15ClF3N3O2S2/c1-8-12(27-14(22-8)10-4-5-11(17)26-10)15(25)23-6-2-3-9(23)13(24)21-7-16(18,19)20/h4-5,9H,2-3,6-7H2,1H3,(H,21,24). The third-order valence-electron chi connectivity index (χ3n) is 4.05. The Morgan fingerprint density at radius 1 is 1.37 bits per heavy atom. The van der Waals surface area contributed by atoms with Crippen molar-refractivity contribution >= 4 is 46.1 Å². The summed E-state index contributed by atoms with van der Waals surface area (Å²) in [5.74, 6) is -1.17. The lowest BCUT2D eigenvalue weighted by Crippen LogP contribution is -2.48. The molecule has 1 aliphatic rings. The second kappa shape index (κ2) is 7.76. The van der Waals surface area contributed by atoms with Gasteiger partial charge in [0.25, 0.3) is 5.91 Å². The minimum absolute atomic E-state index is 0.320. The molecule has 27 heavy (non-hydrogen) atoms. The molecule has 1 saturated heterocycles. The number of halogens is 4. The van der Waals surface area contributed by atoms with Gasteiger partial charge in [0.15, 0.2) is 0 Å². The highest BCUT2D eigenvalue weighted by molar-refractivity contribution is 7.24. The van der Waals surface area contributed by atoms with Crippen LogP contribution in [0.2, 0.25) is 4.34 Å². The Morgan fingerprint density at radius 3 is 2.74 bits per heavy atom. The molecule has 1 fully saturated rings. The Kier molecular flexibility index (Phi) is 5.78. The topological polar surface area (TPSA) is 62.3 Å². The summed E-state index contributed by atoms with van der Waals surface area (Å²) in [7, 11) is 0. The van der Waals surface area contributed by atoms with Crippen LogP contribution in [0.25, 0.3) is 9.88 Å². The SMILES string of the molecule is Cc1nc(-c2ccc(Cl)s2)sc1C(=O)N1CCCC1C(=O)NCC(F)(F)F. The third kappa shape index (κ3) is 4.61. The molecule has 2 aromatic heterocycles. The van der Waals surface area contributed by atoms with Crippen LogP contribution in [0.3, 0.4) is 0 Å². The average molecular weight is 438 g/mol. The molecule has 1 aliphatic heterocycles. The molecule has 1 atom stereocenters. The van der Waals surface area contributed by atoms with Crippen molar-refractivity contribution in [2.45, 2.75) is 32.0 Å². The first-order chi connectivity index (χ1) is 12.7. The zero-order chi connectivity index (χ0) is 19.8. The summed E-state index contributed by atoms with van der Waals surface area (Å²) in [5, 5.41) is 2.51. The van der Waals surface area contributed by atoms with E-state index < -0.39 is 24.7 Å². The maximum atomic E-state index is 12.9. The van der Waals surface area contributed by atoms with E-state index in [1.54, 1.807) is 13.0 Å². The van der Waals surface area contributed by atoms with Crippen LogP contribution in [0.5, 0.6) is 0 Å². The van der Waals surface area contributed by atoms with E-state index >= 15 is 0 Å². The van der Waals surface area contributed by atoms with Crippen LogP contribution in [0.15, 0.2) is 12.1 Å². The van der Waals surface area contributed by atoms with E-state index in [-0.39, 0.29) is 5.91 Å². The van der Waals surface area contributed by atoms with Crippen LogP contribution in [0.4, 0.5) is 13.2 Å². The number of amides is 2. The zero-order valence-electron chi connectivity index (χ0n) is 14.1. The lowest BCUT2D eigenvalue weighted by atomic mass is 10.2. The molecule has 3 heterocycles. The molecule has 146 valence electrons. The maximum absolute atomic E-state index is 12.9. The van der Waals surface area contributed by atoms with Crippen molar-refractivity contribution in [2.24, 2.45) is 0 Å². The summed E-state index contributed by atoms with van der Waals surface area (Å²) in [4.78, 5) is 32.0. The molecule has 2 aromatic rings. The number of thiophene rings is 1. The third-order valence-corrected chi connectivity index (χ3v) is 6.60. The molecule has 1 unspecified atom stereocenters. The molecular weight excluding hydrogens is 423 g/mol. The van der Waals surface area contributed by atoms with Crippen molar-refractivity contribution < 1.29 is 22.8 Å². The van der Waals surface area contributed by atoms with Crippen LogP contribution in [0, 0.1) is 6.92 Å². The van der Waals surface area contributed by atoms with Crippen molar-refractivity contribution in [3.05, 3.63) is 27.0 Å². The van der Waals surface area contributed by atoms with E-state index in [1.807, 2.05) is 11.4 Å². The van der Waals surface area contributed by atoms with Gasteiger partial charge in [0, 0.05) is 6.54 Å². The number of alkyl halides is 3. The first-order valence-electron chi connectivity index (χ1n) is 8.04. The predicted octanol–water partition coefficient (Wildman–Crippen LogP) is 4.12. The van der Waals surface area contributed by atoms with E-state index in [0.29, 0.717) is 39.3 Å². The predicted molar refractivity (Wildman–Crippen MR) is 98.3 cm³/mol. The molecule has 0 aromatic carbocycles. The van der Waals surface area contributed by atoms with Crippen molar-refractivity contribution in [1.29, 1.82) is 0 Å². The molecule has 0 bridgehead atoms. The first kappa shape index (κ1) is 20.1. The molecule has 5 nitrogen and oxygen atoms in total. The smallest absolute Gasteiger partial charge is 0.345 e. The largest absolute Gasteiger partial charge is 0.405 e. The number of thiazole rings is 1. The summed E-state index contributed by atoms with van der Waals surface area (Å²) >= 11 is 8.46. The number of rotatable bonds is 4. The van der Waals surface area contributed by atoms with Crippen molar-refractivity contribution in [3.8, 4) is 9.88 Å². The number of aromatic nitrogens is 1. The normalized spacial score (nSPS) is 17.4. The van der Waals surface area contributed by atoms with E-state index in [0.717, 1.165) is 4.88 Å².